The lowest BCUT2D eigenvalue weighted by atomic mass is 10.0. The normalized spacial score (nSPS) is 15.8. The topological polar surface area (TPSA) is 74.5 Å². The summed E-state index contributed by atoms with van der Waals surface area (Å²) in [5, 5.41) is 8.45. The van der Waals surface area contributed by atoms with Crippen molar-refractivity contribution in [2.24, 2.45) is 0 Å². The molecule has 1 fully saturated rings. The van der Waals surface area contributed by atoms with Crippen molar-refractivity contribution in [3.8, 4) is 0 Å². The number of fused-ring (bicyclic) bond motifs is 1. The summed E-state index contributed by atoms with van der Waals surface area (Å²) in [6, 6.07) is 5.75. The number of rotatable bonds is 5. The third kappa shape index (κ3) is 3.68. The average Bonchev–Trinajstić information content (AvgIpc) is 3.31. The van der Waals surface area contributed by atoms with E-state index in [1.54, 1.807) is 15.7 Å². The van der Waals surface area contributed by atoms with E-state index in [0.29, 0.717) is 30.9 Å². The van der Waals surface area contributed by atoms with Crippen LogP contribution >= 0.6 is 0 Å². The van der Waals surface area contributed by atoms with Gasteiger partial charge in [0.1, 0.15) is 18.0 Å². The van der Waals surface area contributed by atoms with Gasteiger partial charge < -0.3 is 19.1 Å². The van der Waals surface area contributed by atoms with E-state index in [1.165, 1.54) is 0 Å². The maximum absolute atomic E-state index is 12.7. The van der Waals surface area contributed by atoms with Crippen LogP contribution in [0, 0.1) is 5.41 Å². The maximum Gasteiger partial charge on any atom is 0.257 e. The molecule has 7 nitrogen and oxygen atoms in total. The first-order valence-corrected chi connectivity index (χ1v) is 10.3. The molecule has 2 aromatic rings. The Bertz CT molecular complexity index is 1070. The van der Waals surface area contributed by atoms with Gasteiger partial charge in [-0.2, -0.15) is 0 Å². The Hall–Kier alpha value is -3.19. The average molecular weight is 406 g/mol. The fraction of sp³-hybridized carbons (Fsp3) is 0.348. The summed E-state index contributed by atoms with van der Waals surface area (Å²) in [6.45, 7) is 12.5. The van der Waals surface area contributed by atoms with Crippen LogP contribution in [0.2, 0.25) is 0 Å². The Labute approximate surface area is 176 Å². The molecule has 2 aliphatic heterocycles. The molecule has 2 aliphatic rings. The first kappa shape index (κ1) is 20.1. The van der Waals surface area contributed by atoms with Gasteiger partial charge in [-0.05, 0) is 42.5 Å². The molecule has 1 N–H and O–H groups in total. The summed E-state index contributed by atoms with van der Waals surface area (Å²) in [4.78, 5) is 21.1. The molecular formula is C23H27N5O2. The van der Waals surface area contributed by atoms with Crippen LogP contribution in [0.25, 0.3) is 5.70 Å². The zero-order valence-corrected chi connectivity index (χ0v) is 17.4. The van der Waals surface area contributed by atoms with Crippen LogP contribution in [0.5, 0.6) is 0 Å². The van der Waals surface area contributed by atoms with Gasteiger partial charge in [0.25, 0.3) is 5.91 Å². The zero-order valence-electron chi connectivity index (χ0n) is 17.4. The molecule has 0 bridgehead atoms. The van der Waals surface area contributed by atoms with Crippen LogP contribution in [-0.2, 0) is 11.2 Å². The Balaban J connectivity index is 1.62. The molecule has 0 unspecified atom stereocenters. The SMILES string of the molecule is C=C(CC)C(=C)n1ccc(N2CCCc3cc(C(=O)N4CCOC4)cnc32)cc1=N. The summed E-state index contributed by atoms with van der Waals surface area (Å²) in [5.74, 6) is 0.813. The number of carbonyl (C=O) groups excluding carboxylic acids is 1. The number of aromatic nitrogens is 2. The highest BCUT2D eigenvalue weighted by Gasteiger charge is 2.25. The minimum absolute atomic E-state index is 0.0382. The molecule has 2 aromatic heterocycles. The molecule has 4 heterocycles. The minimum Gasteiger partial charge on any atom is -0.359 e. The van der Waals surface area contributed by atoms with Gasteiger partial charge in [0, 0.05) is 42.9 Å². The quantitative estimate of drug-likeness (QED) is 0.775. The molecule has 0 aliphatic carbocycles. The molecule has 0 saturated carbocycles. The van der Waals surface area contributed by atoms with Crippen LogP contribution in [0.4, 0.5) is 11.5 Å². The third-order valence-electron chi connectivity index (χ3n) is 5.69. The Morgan fingerprint density at radius 1 is 1.30 bits per heavy atom. The van der Waals surface area contributed by atoms with E-state index in [2.05, 4.69) is 23.0 Å². The lowest BCUT2D eigenvalue weighted by Crippen LogP contribution is -2.30. The van der Waals surface area contributed by atoms with Crippen molar-refractivity contribution in [2.45, 2.75) is 26.2 Å². The molecule has 0 radical (unpaired) electrons. The number of aryl methyl sites for hydroxylation is 1. The van der Waals surface area contributed by atoms with E-state index >= 15 is 0 Å². The Morgan fingerprint density at radius 2 is 2.13 bits per heavy atom. The van der Waals surface area contributed by atoms with Crippen LogP contribution in [0.15, 0.2) is 49.3 Å². The highest BCUT2D eigenvalue weighted by atomic mass is 16.5. The molecule has 0 atom stereocenters. The Kier molecular flexibility index (Phi) is 5.55. The first-order valence-electron chi connectivity index (χ1n) is 10.3. The summed E-state index contributed by atoms with van der Waals surface area (Å²) < 4.78 is 7.04. The van der Waals surface area contributed by atoms with Crippen molar-refractivity contribution in [1.82, 2.24) is 14.5 Å². The largest absolute Gasteiger partial charge is 0.359 e. The second-order valence-electron chi connectivity index (χ2n) is 7.61. The summed E-state index contributed by atoms with van der Waals surface area (Å²) >= 11 is 0. The lowest BCUT2D eigenvalue weighted by Gasteiger charge is -2.30. The number of nitrogens with one attached hydrogen (secondary N) is 1. The summed E-state index contributed by atoms with van der Waals surface area (Å²) in [7, 11) is 0. The molecular weight excluding hydrogens is 378 g/mol. The number of hydrogen-bond donors (Lipinski definition) is 1. The van der Waals surface area contributed by atoms with Gasteiger partial charge >= 0.3 is 0 Å². The lowest BCUT2D eigenvalue weighted by molar-refractivity contribution is 0.0694. The number of pyridine rings is 2. The van der Waals surface area contributed by atoms with Gasteiger partial charge in [0.05, 0.1) is 12.2 Å². The molecule has 30 heavy (non-hydrogen) atoms. The van der Waals surface area contributed by atoms with Crippen LogP contribution in [0.3, 0.4) is 0 Å². The molecule has 4 rings (SSSR count). The molecule has 1 amide bonds. The van der Waals surface area contributed by atoms with Crippen LogP contribution < -0.4 is 10.4 Å². The second-order valence-corrected chi connectivity index (χ2v) is 7.61. The van der Waals surface area contributed by atoms with Gasteiger partial charge in [0.2, 0.25) is 0 Å². The minimum atomic E-state index is -0.0382. The number of nitrogens with zero attached hydrogens (tertiary/aromatic N) is 4. The third-order valence-corrected chi connectivity index (χ3v) is 5.69. The molecule has 0 spiro atoms. The molecule has 7 heteroatoms. The fourth-order valence-corrected chi connectivity index (χ4v) is 3.86. The van der Waals surface area contributed by atoms with Crippen molar-refractivity contribution in [1.29, 1.82) is 5.41 Å². The second kappa shape index (κ2) is 8.28. The van der Waals surface area contributed by atoms with Gasteiger partial charge in [-0.25, -0.2) is 4.98 Å². The first-order chi connectivity index (χ1) is 14.5. The van der Waals surface area contributed by atoms with E-state index in [0.717, 1.165) is 54.1 Å². The van der Waals surface area contributed by atoms with E-state index in [1.807, 2.05) is 31.3 Å². The van der Waals surface area contributed by atoms with Gasteiger partial charge in [-0.15, -0.1) is 0 Å². The number of allylic oxidation sites excluding steroid dienone is 2. The molecule has 0 aromatic carbocycles. The van der Waals surface area contributed by atoms with Crippen LogP contribution in [0.1, 0.15) is 35.7 Å². The van der Waals surface area contributed by atoms with Crippen LogP contribution in [-0.4, -0.2) is 46.8 Å². The summed E-state index contributed by atoms with van der Waals surface area (Å²) in [6.07, 6.45) is 6.14. The highest BCUT2D eigenvalue weighted by Crippen LogP contribution is 2.32. The maximum atomic E-state index is 12.7. The number of amides is 1. The fourth-order valence-electron chi connectivity index (χ4n) is 3.86. The predicted octanol–water partition coefficient (Wildman–Crippen LogP) is 3.31. The monoisotopic (exact) mass is 405 g/mol. The van der Waals surface area contributed by atoms with E-state index in [9.17, 15) is 4.79 Å². The van der Waals surface area contributed by atoms with Gasteiger partial charge in [0.15, 0.2) is 0 Å². The Morgan fingerprint density at radius 3 is 2.83 bits per heavy atom. The van der Waals surface area contributed by atoms with E-state index < -0.39 is 0 Å². The summed E-state index contributed by atoms with van der Waals surface area (Å²) in [5.41, 5.74) is 4.56. The standard InChI is InChI=1S/C23H27N5O2/c1-4-16(2)17(3)27-9-7-20(13-21(27)24)28-8-5-6-18-12-19(14-25-22(18)28)23(29)26-10-11-30-15-26/h7,9,12-14,24H,2-6,8,10-11,15H2,1H3. The number of anilines is 2. The number of ether oxygens (including phenoxy) is 1. The van der Waals surface area contributed by atoms with Crippen molar-refractivity contribution in [3.05, 3.63) is 65.9 Å². The highest BCUT2D eigenvalue weighted by molar-refractivity contribution is 5.94. The van der Waals surface area contributed by atoms with Crippen molar-refractivity contribution in [3.63, 3.8) is 0 Å². The predicted molar refractivity (Wildman–Crippen MR) is 116 cm³/mol. The smallest absolute Gasteiger partial charge is 0.257 e. The molecule has 1 saturated heterocycles. The van der Waals surface area contributed by atoms with Gasteiger partial charge in [-0.1, -0.05) is 20.1 Å². The molecule has 156 valence electrons. The van der Waals surface area contributed by atoms with E-state index in [4.69, 9.17) is 10.1 Å². The number of carbonyl (C=O) groups is 1. The van der Waals surface area contributed by atoms with Gasteiger partial charge in [-0.3, -0.25) is 10.2 Å². The van der Waals surface area contributed by atoms with E-state index in [-0.39, 0.29) is 5.91 Å². The van der Waals surface area contributed by atoms with Crippen molar-refractivity contribution in [2.75, 3.05) is 31.3 Å². The van der Waals surface area contributed by atoms with Crippen molar-refractivity contribution >= 4 is 23.1 Å². The zero-order chi connectivity index (χ0) is 21.3. The number of hydrogen-bond acceptors (Lipinski definition) is 5. The van der Waals surface area contributed by atoms with Crippen molar-refractivity contribution < 1.29 is 9.53 Å².